The van der Waals surface area contributed by atoms with Crippen molar-refractivity contribution in [1.82, 2.24) is 4.98 Å². The van der Waals surface area contributed by atoms with Crippen molar-refractivity contribution in [3.8, 4) is 0 Å². The van der Waals surface area contributed by atoms with Crippen LogP contribution in [0.1, 0.15) is 24.6 Å². The van der Waals surface area contributed by atoms with Gasteiger partial charge in [-0.15, -0.1) is 5.73 Å². The van der Waals surface area contributed by atoms with Gasteiger partial charge >= 0.3 is 6.18 Å². The van der Waals surface area contributed by atoms with Crippen LogP contribution in [0.4, 0.5) is 29.1 Å². The van der Waals surface area contributed by atoms with Crippen molar-refractivity contribution < 1.29 is 17.6 Å². The van der Waals surface area contributed by atoms with Crippen molar-refractivity contribution in [3.05, 3.63) is 88.5 Å². The van der Waals surface area contributed by atoms with E-state index in [0.717, 1.165) is 28.7 Å². The summed E-state index contributed by atoms with van der Waals surface area (Å²) in [4.78, 5) is 3.97. The van der Waals surface area contributed by atoms with E-state index in [2.05, 4.69) is 33.7 Å². The molecular formula is C22H19F4N3. The van der Waals surface area contributed by atoms with Gasteiger partial charge in [-0.3, -0.25) is 0 Å². The Bertz CT molecular complexity index is 1040. The van der Waals surface area contributed by atoms with Crippen LogP contribution in [0, 0.1) is 18.7 Å². The van der Waals surface area contributed by atoms with E-state index in [9.17, 15) is 17.6 Å². The number of nitrogens with one attached hydrogen (secondary N) is 2. The number of aromatic nitrogens is 1. The molecular weight excluding hydrogens is 382 g/mol. The molecule has 3 nitrogen and oxygen atoms in total. The first-order valence-corrected chi connectivity index (χ1v) is 8.90. The highest BCUT2D eigenvalue weighted by molar-refractivity contribution is 5.52. The van der Waals surface area contributed by atoms with Crippen molar-refractivity contribution in [2.45, 2.75) is 26.4 Å². The molecule has 0 aliphatic heterocycles. The van der Waals surface area contributed by atoms with Gasteiger partial charge in [-0.05, 0) is 48.9 Å². The lowest BCUT2D eigenvalue weighted by Gasteiger charge is -2.24. The summed E-state index contributed by atoms with van der Waals surface area (Å²) >= 11 is 0. The number of allylic oxidation sites excluding steroid dienone is 1. The number of nitrogens with zero attached hydrogens (tertiary/aromatic N) is 1. The Balaban J connectivity index is 1.70. The minimum absolute atomic E-state index is 0.0506. The number of halogens is 4. The molecule has 1 heterocycles. The van der Waals surface area contributed by atoms with Crippen molar-refractivity contribution in [2.24, 2.45) is 5.92 Å². The van der Waals surface area contributed by atoms with Crippen LogP contribution in [0.15, 0.2) is 71.4 Å². The first-order chi connectivity index (χ1) is 13.7. The molecule has 1 unspecified atom stereocenters. The summed E-state index contributed by atoms with van der Waals surface area (Å²) in [5.74, 6) is -0.0285. The number of pyridine rings is 1. The molecule has 0 amide bonds. The fraction of sp³-hybridized carbons (Fsp3) is 0.227. The van der Waals surface area contributed by atoms with E-state index in [4.69, 9.17) is 0 Å². The quantitative estimate of drug-likeness (QED) is 0.448. The zero-order valence-corrected chi connectivity index (χ0v) is 15.9. The molecule has 1 aromatic heterocycles. The van der Waals surface area contributed by atoms with Gasteiger partial charge in [0, 0.05) is 18.0 Å². The van der Waals surface area contributed by atoms with Gasteiger partial charge in [0.25, 0.3) is 0 Å². The van der Waals surface area contributed by atoms with E-state index in [0.29, 0.717) is 12.2 Å². The number of hydrogen-bond donors (Lipinski definition) is 2. The molecule has 0 spiro atoms. The molecule has 3 rings (SSSR count). The van der Waals surface area contributed by atoms with E-state index in [-0.39, 0.29) is 17.4 Å². The number of aryl methyl sites for hydroxylation is 1. The predicted octanol–water partition coefficient (Wildman–Crippen LogP) is 6.19. The van der Waals surface area contributed by atoms with E-state index in [1.807, 2.05) is 6.92 Å². The Hall–Kier alpha value is -3.27. The summed E-state index contributed by atoms with van der Waals surface area (Å²) in [5.41, 5.74) is 8.37. The monoisotopic (exact) mass is 401 g/mol. The van der Waals surface area contributed by atoms with Crippen LogP contribution in [0.3, 0.4) is 0 Å². The molecule has 2 aromatic rings. The SMILES string of the molecule is C=C=C(Nc1ccc(F)cc1)C(C)C1=C=C(Nc2ccc(C(F)(F)F)c(C)n2)C1. The lowest BCUT2D eigenvalue weighted by atomic mass is 9.89. The third-order valence-corrected chi connectivity index (χ3v) is 4.62. The molecule has 7 heteroatoms. The lowest BCUT2D eigenvalue weighted by Crippen LogP contribution is -2.17. The molecule has 0 saturated heterocycles. The second kappa shape index (κ2) is 8.00. The zero-order chi connectivity index (χ0) is 21.2. The highest BCUT2D eigenvalue weighted by atomic mass is 19.4. The Labute approximate surface area is 166 Å². The topological polar surface area (TPSA) is 37.0 Å². The molecule has 1 aliphatic rings. The number of alkyl halides is 3. The molecule has 2 N–H and O–H groups in total. The van der Waals surface area contributed by atoms with E-state index < -0.39 is 11.7 Å². The van der Waals surface area contributed by atoms with Crippen LogP contribution in [0.25, 0.3) is 0 Å². The van der Waals surface area contributed by atoms with Crippen LogP contribution in [0.5, 0.6) is 0 Å². The Morgan fingerprint density at radius 2 is 1.86 bits per heavy atom. The maximum atomic E-state index is 13.0. The molecule has 1 aliphatic carbocycles. The van der Waals surface area contributed by atoms with Crippen molar-refractivity contribution in [1.29, 1.82) is 0 Å². The second-order valence-electron chi connectivity index (χ2n) is 6.70. The molecule has 0 fully saturated rings. The molecule has 0 radical (unpaired) electrons. The second-order valence-corrected chi connectivity index (χ2v) is 6.70. The van der Waals surface area contributed by atoms with E-state index in [1.54, 1.807) is 12.1 Å². The van der Waals surface area contributed by atoms with Crippen molar-refractivity contribution in [2.75, 3.05) is 10.6 Å². The zero-order valence-electron chi connectivity index (χ0n) is 15.9. The third kappa shape index (κ3) is 4.77. The number of rotatable bonds is 6. The van der Waals surface area contributed by atoms with Gasteiger partial charge < -0.3 is 10.6 Å². The summed E-state index contributed by atoms with van der Waals surface area (Å²) < 4.78 is 51.5. The maximum Gasteiger partial charge on any atom is 0.418 e. The summed E-state index contributed by atoms with van der Waals surface area (Å²) in [6.45, 7) is 6.99. The molecule has 0 saturated carbocycles. The first-order valence-electron chi connectivity index (χ1n) is 8.90. The Morgan fingerprint density at radius 1 is 1.21 bits per heavy atom. The smallest absolute Gasteiger partial charge is 0.352 e. The maximum absolute atomic E-state index is 13.0. The first kappa shape index (κ1) is 20.5. The molecule has 0 bridgehead atoms. The van der Waals surface area contributed by atoms with Gasteiger partial charge in [0.05, 0.1) is 22.7 Å². The van der Waals surface area contributed by atoms with E-state index in [1.165, 1.54) is 25.1 Å². The van der Waals surface area contributed by atoms with Gasteiger partial charge in [0.1, 0.15) is 11.6 Å². The lowest BCUT2D eigenvalue weighted by molar-refractivity contribution is -0.138. The summed E-state index contributed by atoms with van der Waals surface area (Å²) in [6.07, 6.45) is -3.84. The Morgan fingerprint density at radius 3 is 2.41 bits per heavy atom. The van der Waals surface area contributed by atoms with Crippen LogP contribution < -0.4 is 10.6 Å². The Kier molecular flexibility index (Phi) is 5.64. The summed E-state index contributed by atoms with van der Waals surface area (Å²) in [5, 5.41) is 6.16. The molecule has 1 aromatic carbocycles. The third-order valence-electron chi connectivity index (χ3n) is 4.62. The average molecular weight is 401 g/mol. The van der Waals surface area contributed by atoms with Crippen LogP contribution in [-0.2, 0) is 6.18 Å². The highest BCUT2D eigenvalue weighted by Crippen LogP contribution is 2.34. The fourth-order valence-electron chi connectivity index (χ4n) is 2.96. The average Bonchev–Trinajstić information content (AvgIpc) is 2.62. The van der Waals surface area contributed by atoms with Crippen LogP contribution in [-0.4, -0.2) is 4.98 Å². The van der Waals surface area contributed by atoms with Crippen molar-refractivity contribution in [3.63, 3.8) is 0 Å². The molecule has 1 atom stereocenters. The normalized spacial score (nSPS) is 14.1. The van der Waals surface area contributed by atoms with Crippen LogP contribution in [0.2, 0.25) is 0 Å². The van der Waals surface area contributed by atoms with Gasteiger partial charge in [-0.1, -0.05) is 19.2 Å². The fourth-order valence-corrected chi connectivity index (χ4v) is 2.96. The molecule has 29 heavy (non-hydrogen) atoms. The van der Waals surface area contributed by atoms with Crippen molar-refractivity contribution >= 4 is 11.5 Å². The largest absolute Gasteiger partial charge is 0.418 e. The summed E-state index contributed by atoms with van der Waals surface area (Å²) in [7, 11) is 0. The standard InChI is InChI=1S/C22H19F4N3/c1-4-20(28-17-7-5-16(23)6-8-17)13(2)15-11-18(12-15)29-21-10-9-19(14(3)27-21)22(24,25)26/h5-10,13,28H,1,11H2,2-3H3,(H,27,29). The van der Waals surface area contributed by atoms with Gasteiger partial charge in [-0.2, -0.15) is 13.2 Å². The minimum Gasteiger partial charge on any atom is -0.352 e. The number of anilines is 2. The van der Waals surface area contributed by atoms with E-state index >= 15 is 0 Å². The minimum atomic E-state index is -4.42. The predicted molar refractivity (Wildman–Crippen MR) is 105 cm³/mol. The number of benzene rings is 1. The molecule has 150 valence electrons. The summed E-state index contributed by atoms with van der Waals surface area (Å²) in [6, 6.07) is 8.28. The van der Waals surface area contributed by atoms with Gasteiger partial charge in [0.15, 0.2) is 0 Å². The van der Waals surface area contributed by atoms with Gasteiger partial charge in [-0.25, -0.2) is 9.37 Å². The van der Waals surface area contributed by atoms with Gasteiger partial charge in [0.2, 0.25) is 0 Å². The highest BCUT2D eigenvalue weighted by Gasteiger charge is 2.33. The number of hydrogen-bond acceptors (Lipinski definition) is 3. The van der Waals surface area contributed by atoms with Crippen LogP contribution >= 0.6 is 0 Å².